The SMILES string of the molecule is CC(C)(C)CC(=O)N(Cc1ccco1)C1CC(=O)N(c2ccc(I)cc2)C1=O. The molecule has 1 saturated heterocycles. The van der Waals surface area contributed by atoms with E-state index in [9.17, 15) is 14.4 Å². The molecule has 1 fully saturated rings. The summed E-state index contributed by atoms with van der Waals surface area (Å²) in [5.74, 6) is -0.265. The molecule has 6 nitrogen and oxygen atoms in total. The van der Waals surface area contributed by atoms with Crippen molar-refractivity contribution in [2.24, 2.45) is 5.41 Å². The summed E-state index contributed by atoms with van der Waals surface area (Å²) in [6.07, 6.45) is 1.78. The minimum atomic E-state index is -0.827. The van der Waals surface area contributed by atoms with Crippen LogP contribution in [0.25, 0.3) is 0 Å². The molecule has 1 aromatic carbocycles. The maximum atomic E-state index is 13.1. The summed E-state index contributed by atoms with van der Waals surface area (Å²) in [7, 11) is 0. The molecular weight excluding hydrogens is 471 g/mol. The van der Waals surface area contributed by atoms with Gasteiger partial charge in [-0.15, -0.1) is 0 Å². The number of imide groups is 1. The zero-order valence-electron chi connectivity index (χ0n) is 16.1. The predicted molar refractivity (Wildman–Crippen MR) is 113 cm³/mol. The molecular formula is C21H23IN2O4. The fourth-order valence-electron chi connectivity index (χ4n) is 3.22. The quantitative estimate of drug-likeness (QED) is 0.466. The van der Waals surface area contributed by atoms with E-state index in [4.69, 9.17) is 4.42 Å². The van der Waals surface area contributed by atoms with Crippen molar-refractivity contribution in [3.8, 4) is 0 Å². The summed E-state index contributed by atoms with van der Waals surface area (Å²) in [5.41, 5.74) is 0.291. The third kappa shape index (κ3) is 4.63. The number of carbonyl (C=O) groups excluding carboxylic acids is 3. The molecule has 1 aliphatic rings. The molecule has 0 aliphatic carbocycles. The highest BCUT2D eigenvalue weighted by Crippen LogP contribution is 2.29. The van der Waals surface area contributed by atoms with Crippen molar-refractivity contribution in [2.75, 3.05) is 4.90 Å². The smallest absolute Gasteiger partial charge is 0.257 e. The van der Waals surface area contributed by atoms with Crippen LogP contribution in [0.2, 0.25) is 0 Å². The number of amides is 3. The third-order valence-corrected chi connectivity index (χ3v) is 5.21. The normalized spacial score (nSPS) is 17.3. The van der Waals surface area contributed by atoms with Crippen LogP contribution in [0.1, 0.15) is 39.4 Å². The van der Waals surface area contributed by atoms with Crippen LogP contribution in [0, 0.1) is 8.99 Å². The largest absolute Gasteiger partial charge is 0.467 e. The van der Waals surface area contributed by atoms with Crippen LogP contribution in [0.4, 0.5) is 5.69 Å². The summed E-state index contributed by atoms with van der Waals surface area (Å²) in [6.45, 7) is 6.06. The van der Waals surface area contributed by atoms with Gasteiger partial charge >= 0.3 is 0 Å². The Morgan fingerprint density at radius 2 is 1.89 bits per heavy atom. The van der Waals surface area contributed by atoms with Gasteiger partial charge in [-0.2, -0.15) is 0 Å². The van der Waals surface area contributed by atoms with Gasteiger partial charge in [0.25, 0.3) is 5.91 Å². The molecule has 1 unspecified atom stereocenters. The number of benzene rings is 1. The van der Waals surface area contributed by atoms with Crippen LogP contribution < -0.4 is 4.90 Å². The molecule has 148 valence electrons. The van der Waals surface area contributed by atoms with Crippen LogP contribution in [0.5, 0.6) is 0 Å². The lowest BCUT2D eigenvalue weighted by Gasteiger charge is -2.29. The lowest BCUT2D eigenvalue weighted by Crippen LogP contribution is -2.45. The standard InChI is InChI=1S/C21H23IN2O4/c1-21(2,3)12-19(26)23(13-16-5-4-10-28-16)17-11-18(25)24(20(17)27)15-8-6-14(22)7-9-15/h4-10,17H,11-13H2,1-3H3. The molecule has 3 amide bonds. The monoisotopic (exact) mass is 494 g/mol. The fourth-order valence-corrected chi connectivity index (χ4v) is 3.58. The van der Waals surface area contributed by atoms with E-state index < -0.39 is 6.04 Å². The Morgan fingerprint density at radius 1 is 1.21 bits per heavy atom. The van der Waals surface area contributed by atoms with E-state index in [1.807, 2.05) is 32.9 Å². The first kappa shape index (κ1) is 20.6. The van der Waals surface area contributed by atoms with Crippen LogP contribution in [-0.2, 0) is 20.9 Å². The van der Waals surface area contributed by atoms with Gasteiger partial charge in [0, 0.05) is 9.99 Å². The van der Waals surface area contributed by atoms with Crippen molar-refractivity contribution in [2.45, 2.75) is 46.2 Å². The molecule has 7 heteroatoms. The lowest BCUT2D eigenvalue weighted by molar-refractivity contribution is -0.140. The molecule has 0 radical (unpaired) electrons. The van der Waals surface area contributed by atoms with E-state index >= 15 is 0 Å². The van der Waals surface area contributed by atoms with Gasteiger partial charge in [-0.25, -0.2) is 4.90 Å². The Hall–Kier alpha value is -2.16. The van der Waals surface area contributed by atoms with Crippen molar-refractivity contribution < 1.29 is 18.8 Å². The van der Waals surface area contributed by atoms with E-state index in [2.05, 4.69) is 22.6 Å². The van der Waals surface area contributed by atoms with Crippen molar-refractivity contribution in [1.82, 2.24) is 4.90 Å². The summed E-state index contributed by atoms with van der Waals surface area (Å²) in [4.78, 5) is 41.4. The summed E-state index contributed by atoms with van der Waals surface area (Å²) < 4.78 is 6.40. The highest BCUT2D eigenvalue weighted by atomic mass is 127. The van der Waals surface area contributed by atoms with Crippen LogP contribution in [0.3, 0.4) is 0 Å². The number of rotatable bonds is 5. The van der Waals surface area contributed by atoms with E-state index in [-0.39, 0.29) is 42.5 Å². The molecule has 1 aliphatic heterocycles. The Kier molecular flexibility index (Phi) is 5.92. The first-order valence-electron chi connectivity index (χ1n) is 9.10. The summed E-state index contributed by atoms with van der Waals surface area (Å²) in [6, 6.07) is 9.84. The van der Waals surface area contributed by atoms with E-state index in [0.29, 0.717) is 11.4 Å². The first-order chi connectivity index (χ1) is 13.2. The number of anilines is 1. The van der Waals surface area contributed by atoms with Crippen LogP contribution >= 0.6 is 22.6 Å². The molecule has 0 saturated carbocycles. The Labute approximate surface area is 178 Å². The van der Waals surface area contributed by atoms with E-state index in [0.717, 1.165) is 3.57 Å². The fraction of sp³-hybridized carbons (Fsp3) is 0.381. The third-order valence-electron chi connectivity index (χ3n) is 4.49. The maximum Gasteiger partial charge on any atom is 0.257 e. The van der Waals surface area contributed by atoms with Crippen molar-refractivity contribution in [3.05, 3.63) is 52.0 Å². The molecule has 28 heavy (non-hydrogen) atoms. The first-order valence-corrected chi connectivity index (χ1v) is 10.2. The molecule has 2 heterocycles. The van der Waals surface area contributed by atoms with Gasteiger partial charge in [0.05, 0.1) is 24.9 Å². The van der Waals surface area contributed by atoms with Crippen LogP contribution in [-0.4, -0.2) is 28.7 Å². The Balaban J connectivity index is 1.88. The maximum absolute atomic E-state index is 13.1. The van der Waals surface area contributed by atoms with Crippen molar-refractivity contribution in [1.29, 1.82) is 0 Å². The molecule has 1 aromatic heterocycles. The molecule has 2 aromatic rings. The predicted octanol–water partition coefficient (Wildman–Crippen LogP) is 3.98. The van der Waals surface area contributed by atoms with Crippen LogP contribution in [0.15, 0.2) is 47.1 Å². The number of carbonyl (C=O) groups is 3. The molecule has 0 spiro atoms. The van der Waals surface area contributed by atoms with Crippen molar-refractivity contribution in [3.63, 3.8) is 0 Å². The number of nitrogens with zero attached hydrogens (tertiary/aromatic N) is 2. The zero-order chi connectivity index (χ0) is 20.5. The highest BCUT2D eigenvalue weighted by molar-refractivity contribution is 14.1. The molecule has 0 bridgehead atoms. The second kappa shape index (κ2) is 8.06. The number of furan rings is 1. The van der Waals surface area contributed by atoms with Gasteiger partial charge < -0.3 is 9.32 Å². The number of halogens is 1. The summed E-state index contributed by atoms with van der Waals surface area (Å²) in [5, 5.41) is 0. The van der Waals surface area contributed by atoms with Gasteiger partial charge in [-0.1, -0.05) is 20.8 Å². The van der Waals surface area contributed by atoms with E-state index in [1.54, 1.807) is 24.3 Å². The lowest BCUT2D eigenvalue weighted by atomic mass is 9.91. The van der Waals surface area contributed by atoms with Gasteiger partial charge in [0.15, 0.2) is 0 Å². The Morgan fingerprint density at radius 3 is 2.46 bits per heavy atom. The average Bonchev–Trinajstić information content (AvgIpc) is 3.20. The second-order valence-corrected chi connectivity index (χ2v) is 9.35. The van der Waals surface area contributed by atoms with Gasteiger partial charge in [0.1, 0.15) is 11.8 Å². The Bertz CT molecular complexity index is 869. The number of hydrogen-bond donors (Lipinski definition) is 0. The average molecular weight is 494 g/mol. The molecule has 0 N–H and O–H groups in total. The minimum absolute atomic E-state index is 0.0264. The van der Waals surface area contributed by atoms with E-state index in [1.165, 1.54) is 16.1 Å². The van der Waals surface area contributed by atoms with Gasteiger partial charge in [-0.05, 0) is 64.4 Å². The number of hydrogen-bond acceptors (Lipinski definition) is 4. The molecule has 3 rings (SSSR count). The van der Waals surface area contributed by atoms with Gasteiger partial charge in [0.2, 0.25) is 11.8 Å². The van der Waals surface area contributed by atoms with Gasteiger partial charge in [-0.3, -0.25) is 14.4 Å². The molecule has 1 atom stereocenters. The van der Waals surface area contributed by atoms with Crippen molar-refractivity contribution >= 4 is 46.0 Å². The summed E-state index contributed by atoms with van der Waals surface area (Å²) >= 11 is 2.17. The zero-order valence-corrected chi connectivity index (χ0v) is 18.3. The highest BCUT2D eigenvalue weighted by Gasteiger charge is 2.44. The topological polar surface area (TPSA) is 70.8 Å². The minimum Gasteiger partial charge on any atom is -0.467 e. The second-order valence-electron chi connectivity index (χ2n) is 8.10.